The summed E-state index contributed by atoms with van der Waals surface area (Å²) in [4.78, 5) is 7.38. The molecule has 0 amide bonds. The van der Waals surface area contributed by atoms with E-state index in [1.54, 1.807) is 0 Å². The first kappa shape index (κ1) is 17.7. The van der Waals surface area contributed by atoms with Crippen LogP contribution in [0.2, 0.25) is 0 Å². The van der Waals surface area contributed by atoms with E-state index in [4.69, 9.17) is 4.99 Å². The van der Waals surface area contributed by atoms with Gasteiger partial charge in [0, 0.05) is 20.1 Å². The van der Waals surface area contributed by atoms with E-state index in [2.05, 4.69) is 83.7 Å². The molecule has 2 aliphatic rings. The van der Waals surface area contributed by atoms with E-state index in [0.717, 1.165) is 28.2 Å². The Morgan fingerprint density at radius 3 is 2.56 bits per heavy atom. The number of nitrogens with zero attached hydrogens (tertiary/aromatic N) is 2. The third kappa shape index (κ3) is 3.12. The smallest absolute Gasteiger partial charge is 0.320 e. The summed E-state index contributed by atoms with van der Waals surface area (Å²) in [7, 11) is 0. The van der Waals surface area contributed by atoms with Gasteiger partial charge in [0.25, 0.3) is 0 Å². The molecule has 131 valence electrons. The maximum absolute atomic E-state index is 5.09. The van der Waals surface area contributed by atoms with Gasteiger partial charge in [0.1, 0.15) is 0 Å². The van der Waals surface area contributed by atoms with Crippen molar-refractivity contribution in [2.75, 3.05) is 4.81 Å². The quantitative estimate of drug-likeness (QED) is 0.343. The van der Waals surface area contributed by atoms with Crippen LogP contribution in [0.1, 0.15) is 11.1 Å². The van der Waals surface area contributed by atoms with Crippen molar-refractivity contribution in [1.82, 2.24) is 0 Å². The van der Waals surface area contributed by atoms with Crippen LogP contribution in [0.4, 0.5) is 11.4 Å². The molecule has 0 bridgehead atoms. The van der Waals surface area contributed by atoms with E-state index in [1.807, 2.05) is 24.3 Å². The van der Waals surface area contributed by atoms with Crippen LogP contribution in [-0.2, 0) is 20.1 Å². The second-order valence-electron chi connectivity index (χ2n) is 6.39. The summed E-state index contributed by atoms with van der Waals surface area (Å²) in [6, 6.07) is 28.3. The maximum Gasteiger partial charge on any atom is 0.320 e. The van der Waals surface area contributed by atoms with Crippen LogP contribution in [0.5, 0.6) is 0 Å². The average molecular weight is 523 g/mol. The summed E-state index contributed by atoms with van der Waals surface area (Å²) in [5, 5.41) is 0. The molecular formula is C23H16BIrN2-. The molecular weight excluding hydrogens is 507 g/mol. The van der Waals surface area contributed by atoms with Gasteiger partial charge in [-0.3, -0.25) is 4.99 Å². The SMILES string of the molecule is [Ir].[c-]1ccccc1C1=Nc2ccccc2N2C=CC=CB2c2ccccc21. The van der Waals surface area contributed by atoms with Gasteiger partial charge in [0.15, 0.2) is 0 Å². The van der Waals surface area contributed by atoms with Crippen LogP contribution < -0.4 is 10.3 Å². The molecule has 2 heterocycles. The molecule has 0 fully saturated rings. The van der Waals surface area contributed by atoms with Gasteiger partial charge < -0.3 is 4.81 Å². The van der Waals surface area contributed by atoms with E-state index in [9.17, 15) is 0 Å². The van der Waals surface area contributed by atoms with Crippen molar-refractivity contribution >= 4 is 29.4 Å². The zero-order chi connectivity index (χ0) is 17.3. The van der Waals surface area contributed by atoms with Gasteiger partial charge >= 0.3 is 6.85 Å². The Morgan fingerprint density at radius 1 is 0.852 bits per heavy atom. The second kappa shape index (κ2) is 7.52. The van der Waals surface area contributed by atoms with Crippen LogP contribution in [0.15, 0.2) is 102 Å². The first-order chi connectivity index (χ1) is 12.9. The molecule has 0 N–H and O–H groups in total. The minimum absolute atomic E-state index is 0. The maximum atomic E-state index is 5.09. The van der Waals surface area contributed by atoms with E-state index in [0.29, 0.717) is 0 Å². The normalized spacial score (nSPS) is 14.1. The monoisotopic (exact) mass is 524 g/mol. The van der Waals surface area contributed by atoms with E-state index in [1.165, 1.54) is 5.46 Å². The third-order valence-corrected chi connectivity index (χ3v) is 4.84. The molecule has 0 atom stereocenters. The largest absolute Gasteiger partial charge is 0.382 e. The molecule has 3 aromatic rings. The average Bonchev–Trinajstić information content (AvgIpc) is 2.72. The van der Waals surface area contributed by atoms with Gasteiger partial charge in [0.05, 0.1) is 11.4 Å². The number of aliphatic imine (C=N–C) groups is 1. The van der Waals surface area contributed by atoms with Gasteiger partial charge in [0.2, 0.25) is 0 Å². The first-order valence-corrected chi connectivity index (χ1v) is 8.79. The summed E-state index contributed by atoms with van der Waals surface area (Å²) < 4.78 is 0. The first-order valence-electron chi connectivity index (χ1n) is 8.79. The molecule has 0 saturated heterocycles. The Bertz CT molecular complexity index is 1060. The van der Waals surface area contributed by atoms with Crippen molar-refractivity contribution in [1.29, 1.82) is 0 Å². The minimum Gasteiger partial charge on any atom is -0.382 e. The molecule has 0 spiro atoms. The zero-order valence-corrected chi connectivity index (χ0v) is 16.9. The van der Waals surface area contributed by atoms with Crippen LogP contribution in [0, 0.1) is 6.07 Å². The van der Waals surface area contributed by atoms with Crippen molar-refractivity contribution in [2.24, 2.45) is 4.99 Å². The predicted molar refractivity (Wildman–Crippen MR) is 110 cm³/mol. The molecule has 0 unspecified atom stereocenters. The molecule has 27 heavy (non-hydrogen) atoms. The Labute approximate surface area is 173 Å². The third-order valence-electron chi connectivity index (χ3n) is 4.84. The second-order valence-corrected chi connectivity index (χ2v) is 6.39. The van der Waals surface area contributed by atoms with Crippen molar-refractivity contribution in [3.63, 3.8) is 0 Å². The number of hydrogen-bond acceptors (Lipinski definition) is 2. The molecule has 2 nitrogen and oxygen atoms in total. The number of anilines is 1. The van der Waals surface area contributed by atoms with Crippen LogP contribution >= 0.6 is 0 Å². The van der Waals surface area contributed by atoms with Gasteiger partial charge in [-0.1, -0.05) is 53.9 Å². The zero-order valence-electron chi connectivity index (χ0n) is 14.5. The topological polar surface area (TPSA) is 15.6 Å². The van der Waals surface area contributed by atoms with Crippen molar-refractivity contribution in [2.45, 2.75) is 0 Å². The van der Waals surface area contributed by atoms with Gasteiger partial charge in [-0.25, -0.2) is 0 Å². The van der Waals surface area contributed by atoms with Crippen molar-refractivity contribution < 1.29 is 20.1 Å². The van der Waals surface area contributed by atoms with Crippen molar-refractivity contribution in [3.8, 4) is 0 Å². The Kier molecular flexibility index (Phi) is 4.93. The van der Waals surface area contributed by atoms with Crippen LogP contribution in [-0.4, -0.2) is 12.6 Å². The summed E-state index contributed by atoms with van der Waals surface area (Å²) in [5.74, 6) is 2.24. The number of benzene rings is 3. The number of fused-ring (bicyclic) bond motifs is 5. The fourth-order valence-corrected chi connectivity index (χ4v) is 3.66. The summed E-state index contributed by atoms with van der Waals surface area (Å²) in [5.41, 5.74) is 6.47. The summed E-state index contributed by atoms with van der Waals surface area (Å²) in [6.07, 6.45) is 6.33. The molecule has 3 aromatic carbocycles. The standard InChI is InChI=1S/C23H16BN2.Ir/c1-2-10-18(11-3-1)23-19-12-4-5-13-20(19)24-16-8-9-17-26(24)22-15-7-6-14-21(22)25-23;/h1-10,12-17H;/q-1;. The predicted octanol–water partition coefficient (Wildman–Crippen LogP) is 4.29. The minimum atomic E-state index is 0. The number of rotatable bonds is 1. The molecule has 5 rings (SSSR count). The van der Waals surface area contributed by atoms with E-state index < -0.39 is 0 Å². The van der Waals surface area contributed by atoms with Gasteiger partial charge in [-0.05, 0) is 35.7 Å². The number of hydrogen-bond donors (Lipinski definition) is 0. The number of allylic oxidation sites excluding steroid dienone is 2. The summed E-state index contributed by atoms with van der Waals surface area (Å²) in [6.45, 7) is 0.145. The molecule has 0 saturated carbocycles. The fourth-order valence-electron chi connectivity index (χ4n) is 3.66. The van der Waals surface area contributed by atoms with E-state index >= 15 is 0 Å². The fraction of sp³-hybridized carbons (Fsp3) is 0. The molecule has 0 aliphatic carbocycles. The Morgan fingerprint density at radius 2 is 1.67 bits per heavy atom. The summed E-state index contributed by atoms with van der Waals surface area (Å²) >= 11 is 0. The van der Waals surface area contributed by atoms with E-state index in [-0.39, 0.29) is 27.0 Å². The molecule has 0 aromatic heterocycles. The van der Waals surface area contributed by atoms with Crippen LogP contribution in [0.3, 0.4) is 0 Å². The molecule has 4 heteroatoms. The molecule has 1 radical (unpaired) electrons. The van der Waals surface area contributed by atoms with Crippen molar-refractivity contribution in [3.05, 3.63) is 114 Å². The Hall–Kier alpha value is -2.68. The van der Waals surface area contributed by atoms with Gasteiger partial charge in [-0.15, -0.1) is 35.9 Å². The van der Waals surface area contributed by atoms with Gasteiger partial charge in [-0.2, -0.15) is 0 Å². The number of para-hydroxylation sites is 2. The Balaban J connectivity index is 0.00000180. The molecule has 2 aliphatic heterocycles. The van der Waals surface area contributed by atoms with Crippen LogP contribution in [0.25, 0.3) is 0 Å².